The Kier molecular flexibility index (Phi) is 4.47. The third-order valence-corrected chi connectivity index (χ3v) is 4.40. The molecule has 1 aliphatic rings. The number of carbonyl (C=O) groups is 2. The topological polar surface area (TPSA) is 108 Å². The highest BCUT2D eigenvalue weighted by atomic mass is 32.1. The number of H-pyrrole nitrogens is 1. The second kappa shape index (κ2) is 6.69. The van der Waals surface area contributed by atoms with Crippen LogP contribution in [0.3, 0.4) is 0 Å². The maximum atomic E-state index is 12.3. The van der Waals surface area contributed by atoms with Crippen molar-refractivity contribution >= 4 is 28.3 Å². The molecule has 0 atom stereocenters. The van der Waals surface area contributed by atoms with Gasteiger partial charge in [0.15, 0.2) is 5.13 Å². The number of hydrogen-bond acceptors (Lipinski definition) is 6. The van der Waals surface area contributed by atoms with Crippen molar-refractivity contribution in [1.29, 1.82) is 0 Å². The van der Waals surface area contributed by atoms with E-state index in [1.165, 1.54) is 23.5 Å². The molecule has 9 heteroatoms. The van der Waals surface area contributed by atoms with Gasteiger partial charge in [0.2, 0.25) is 5.91 Å². The second-order valence-corrected chi connectivity index (χ2v) is 6.09. The van der Waals surface area contributed by atoms with E-state index >= 15 is 0 Å². The first-order chi connectivity index (χ1) is 11.1. The van der Waals surface area contributed by atoms with E-state index in [-0.39, 0.29) is 29.0 Å². The van der Waals surface area contributed by atoms with E-state index < -0.39 is 0 Å². The monoisotopic (exact) mass is 333 g/mol. The summed E-state index contributed by atoms with van der Waals surface area (Å²) in [5.74, 6) is -0.430. The standard InChI is InChI=1S/C14H15N5O3S/c20-11-2-1-10(17-18-11)13(22)19-6-3-9(4-7-19)12(21)16-14-15-5-8-23-14/h1-2,5,8-9H,3-4,6-7H2,(H,18,20)(H,15,16,21). The van der Waals surface area contributed by atoms with Gasteiger partial charge in [-0.05, 0) is 18.9 Å². The first-order valence-electron chi connectivity index (χ1n) is 7.19. The van der Waals surface area contributed by atoms with Crippen LogP contribution in [0.4, 0.5) is 5.13 Å². The number of amides is 2. The van der Waals surface area contributed by atoms with Gasteiger partial charge in [-0.1, -0.05) is 0 Å². The smallest absolute Gasteiger partial charge is 0.274 e. The van der Waals surface area contributed by atoms with Gasteiger partial charge < -0.3 is 10.2 Å². The van der Waals surface area contributed by atoms with Crippen LogP contribution >= 0.6 is 11.3 Å². The molecule has 0 aliphatic carbocycles. The molecule has 1 fully saturated rings. The molecule has 2 aromatic rings. The molecule has 2 N–H and O–H groups in total. The number of nitrogens with zero attached hydrogens (tertiary/aromatic N) is 3. The molecule has 3 rings (SSSR count). The predicted octanol–water partition coefficient (Wildman–Crippen LogP) is 0.717. The molecule has 8 nitrogen and oxygen atoms in total. The lowest BCUT2D eigenvalue weighted by Crippen LogP contribution is -2.42. The highest BCUT2D eigenvalue weighted by Gasteiger charge is 2.28. The van der Waals surface area contributed by atoms with Gasteiger partial charge in [0.05, 0.1) is 0 Å². The molecular formula is C14H15N5O3S. The highest BCUT2D eigenvalue weighted by molar-refractivity contribution is 7.13. The molecule has 0 unspecified atom stereocenters. The van der Waals surface area contributed by atoms with Gasteiger partial charge in [-0.3, -0.25) is 14.4 Å². The van der Waals surface area contributed by atoms with Crippen molar-refractivity contribution in [2.75, 3.05) is 18.4 Å². The molecule has 0 saturated carbocycles. The first kappa shape index (κ1) is 15.3. The van der Waals surface area contributed by atoms with Gasteiger partial charge in [0.1, 0.15) is 5.69 Å². The number of rotatable bonds is 3. The van der Waals surface area contributed by atoms with Crippen LogP contribution in [-0.4, -0.2) is 45.0 Å². The summed E-state index contributed by atoms with van der Waals surface area (Å²) in [5.41, 5.74) is -0.144. The van der Waals surface area contributed by atoms with Crippen LogP contribution in [0.15, 0.2) is 28.5 Å². The van der Waals surface area contributed by atoms with Gasteiger partial charge in [-0.15, -0.1) is 11.3 Å². The molecule has 3 heterocycles. The molecule has 1 saturated heterocycles. The summed E-state index contributed by atoms with van der Waals surface area (Å²) in [7, 11) is 0. The van der Waals surface area contributed by atoms with Crippen LogP contribution in [0.25, 0.3) is 0 Å². The number of hydrogen-bond donors (Lipinski definition) is 2. The summed E-state index contributed by atoms with van der Waals surface area (Å²) >= 11 is 1.37. The fourth-order valence-corrected chi connectivity index (χ4v) is 2.99. The van der Waals surface area contributed by atoms with E-state index in [1.807, 2.05) is 0 Å². The van der Waals surface area contributed by atoms with E-state index in [2.05, 4.69) is 20.5 Å². The minimum absolute atomic E-state index is 0.0609. The van der Waals surface area contributed by atoms with Crippen LogP contribution < -0.4 is 10.9 Å². The van der Waals surface area contributed by atoms with Crippen LogP contribution in [0.1, 0.15) is 23.3 Å². The Balaban J connectivity index is 1.55. The number of piperidine rings is 1. The minimum Gasteiger partial charge on any atom is -0.337 e. The molecule has 0 bridgehead atoms. The minimum atomic E-state index is -0.348. The molecule has 23 heavy (non-hydrogen) atoms. The fraction of sp³-hybridized carbons (Fsp3) is 0.357. The predicted molar refractivity (Wildman–Crippen MR) is 84.2 cm³/mol. The number of aromatic amines is 1. The SMILES string of the molecule is O=C(Nc1nccs1)C1CCN(C(=O)c2ccc(=O)[nH]n2)CC1. The number of anilines is 1. The van der Waals surface area contributed by atoms with E-state index in [9.17, 15) is 14.4 Å². The maximum absolute atomic E-state index is 12.3. The van der Waals surface area contributed by atoms with Crippen LogP contribution in [0.2, 0.25) is 0 Å². The zero-order valence-corrected chi connectivity index (χ0v) is 13.0. The fourth-order valence-electron chi connectivity index (χ4n) is 2.46. The summed E-state index contributed by atoms with van der Waals surface area (Å²) in [4.78, 5) is 41.1. The maximum Gasteiger partial charge on any atom is 0.274 e. The molecule has 0 aromatic carbocycles. The van der Waals surface area contributed by atoms with Crippen LogP contribution in [0.5, 0.6) is 0 Å². The molecule has 2 amide bonds. The Hall–Kier alpha value is -2.55. The average molecular weight is 333 g/mol. The Morgan fingerprint density at radius 3 is 2.70 bits per heavy atom. The van der Waals surface area contributed by atoms with Crippen molar-refractivity contribution in [3.05, 3.63) is 39.8 Å². The van der Waals surface area contributed by atoms with Crippen LogP contribution in [0, 0.1) is 5.92 Å². The number of aromatic nitrogens is 3. The average Bonchev–Trinajstić information content (AvgIpc) is 3.08. The quantitative estimate of drug-likeness (QED) is 0.860. The molecule has 0 radical (unpaired) electrons. The molecule has 0 spiro atoms. The zero-order chi connectivity index (χ0) is 16.2. The second-order valence-electron chi connectivity index (χ2n) is 5.20. The van der Waals surface area contributed by atoms with E-state index in [1.54, 1.807) is 16.5 Å². The lowest BCUT2D eigenvalue weighted by atomic mass is 9.96. The Bertz CT molecular complexity index is 730. The van der Waals surface area contributed by atoms with Crippen molar-refractivity contribution in [3.8, 4) is 0 Å². The molecule has 2 aromatic heterocycles. The summed E-state index contributed by atoms with van der Waals surface area (Å²) in [6.45, 7) is 0.963. The summed E-state index contributed by atoms with van der Waals surface area (Å²) in [6, 6.07) is 2.68. The van der Waals surface area contributed by atoms with Crippen molar-refractivity contribution in [3.63, 3.8) is 0 Å². The van der Waals surface area contributed by atoms with Crippen molar-refractivity contribution in [1.82, 2.24) is 20.1 Å². The van der Waals surface area contributed by atoms with Crippen molar-refractivity contribution < 1.29 is 9.59 Å². The molecule has 120 valence electrons. The normalized spacial score (nSPS) is 15.4. The number of nitrogens with one attached hydrogen (secondary N) is 2. The largest absolute Gasteiger partial charge is 0.337 e. The Labute approximate surface area is 135 Å². The van der Waals surface area contributed by atoms with E-state index in [4.69, 9.17) is 0 Å². The van der Waals surface area contributed by atoms with Crippen LogP contribution in [-0.2, 0) is 4.79 Å². The van der Waals surface area contributed by atoms with Gasteiger partial charge in [0.25, 0.3) is 11.5 Å². The summed E-state index contributed by atoms with van der Waals surface area (Å²) < 4.78 is 0. The number of likely N-dealkylation sites (tertiary alicyclic amines) is 1. The summed E-state index contributed by atoms with van der Waals surface area (Å²) in [6.07, 6.45) is 2.82. The Morgan fingerprint density at radius 1 is 1.30 bits per heavy atom. The highest BCUT2D eigenvalue weighted by Crippen LogP contribution is 2.21. The number of thiazole rings is 1. The molecular weight excluding hydrogens is 318 g/mol. The number of carbonyl (C=O) groups excluding carboxylic acids is 2. The van der Waals surface area contributed by atoms with Gasteiger partial charge in [0, 0.05) is 36.7 Å². The van der Waals surface area contributed by atoms with Crippen molar-refractivity contribution in [2.45, 2.75) is 12.8 Å². The summed E-state index contributed by atoms with van der Waals surface area (Å²) in [5, 5.41) is 11.2. The third kappa shape index (κ3) is 3.62. The van der Waals surface area contributed by atoms with E-state index in [0.717, 1.165) is 0 Å². The lowest BCUT2D eigenvalue weighted by Gasteiger charge is -2.30. The van der Waals surface area contributed by atoms with Crippen molar-refractivity contribution in [2.24, 2.45) is 5.92 Å². The third-order valence-electron chi connectivity index (χ3n) is 3.71. The van der Waals surface area contributed by atoms with Gasteiger partial charge in [-0.2, -0.15) is 5.10 Å². The first-order valence-corrected chi connectivity index (χ1v) is 8.07. The van der Waals surface area contributed by atoms with Gasteiger partial charge in [-0.25, -0.2) is 10.1 Å². The lowest BCUT2D eigenvalue weighted by molar-refractivity contribution is -0.121. The zero-order valence-electron chi connectivity index (χ0n) is 12.2. The Morgan fingerprint density at radius 2 is 2.09 bits per heavy atom. The van der Waals surface area contributed by atoms with E-state index in [0.29, 0.717) is 31.1 Å². The molecule has 1 aliphatic heterocycles. The van der Waals surface area contributed by atoms with Gasteiger partial charge >= 0.3 is 0 Å².